The fourth-order valence-electron chi connectivity index (χ4n) is 4.34. The van der Waals surface area contributed by atoms with Crippen LogP contribution in [0.1, 0.15) is 44.1 Å². The van der Waals surface area contributed by atoms with Gasteiger partial charge in [0, 0.05) is 58.5 Å². The van der Waals surface area contributed by atoms with Gasteiger partial charge in [0.25, 0.3) is 0 Å². The monoisotopic (exact) mass is 389 g/mol. The Morgan fingerprint density at radius 2 is 2.11 bits per heavy atom. The molecule has 0 radical (unpaired) electrons. The highest BCUT2D eigenvalue weighted by Crippen LogP contribution is 2.24. The van der Waals surface area contributed by atoms with Crippen LogP contribution in [0, 0.1) is 5.92 Å². The molecule has 2 aliphatic rings. The van der Waals surface area contributed by atoms with Gasteiger partial charge in [0.1, 0.15) is 5.82 Å². The molecule has 1 atom stereocenters. The van der Waals surface area contributed by atoms with Crippen molar-refractivity contribution in [1.82, 2.24) is 25.1 Å². The molecular formula is C21H35N5O2. The molecule has 1 N–H and O–H groups in total. The summed E-state index contributed by atoms with van der Waals surface area (Å²) in [4.78, 5) is 26.4. The molecule has 28 heavy (non-hydrogen) atoms. The van der Waals surface area contributed by atoms with Crippen molar-refractivity contribution in [2.24, 2.45) is 5.92 Å². The summed E-state index contributed by atoms with van der Waals surface area (Å²) >= 11 is 0. The lowest BCUT2D eigenvalue weighted by molar-refractivity contribution is -0.127. The van der Waals surface area contributed by atoms with E-state index < -0.39 is 0 Å². The van der Waals surface area contributed by atoms with E-state index in [0.717, 1.165) is 63.5 Å². The second-order valence-corrected chi connectivity index (χ2v) is 7.94. The van der Waals surface area contributed by atoms with Gasteiger partial charge >= 0.3 is 0 Å². The maximum absolute atomic E-state index is 12.4. The highest BCUT2D eigenvalue weighted by atomic mass is 16.5. The number of aryl methyl sites for hydroxylation is 1. The molecule has 7 heteroatoms. The van der Waals surface area contributed by atoms with Crippen LogP contribution in [-0.2, 0) is 22.5 Å². The number of carbonyl (C=O) groups excluding carboxylic acids is 1. The van der Waals surface area contributed by atoms with Crippen molar-refractivity contribution < 1.29 is 9.53 Å². The maximum Gasteiger partial charge on any atom is 0.224 e. The van der Waals surface area contributed by atoms with Gasteiger partial charge in [-0.25, -0.2) is 9.97 Å². The molecule has 1 amide bonds. The predicted molar refractivity (Wildman–Crippen MR) is 109 cm³/mol. The van der Waals surface area contributed by atoms with E-state index >= 15 is 0 Å². The summed E-state index contributed by atoms with van der Waals surface area (Å²) in [5, 5.41) is 3.01. The van der Waals surface area contributed by atoms with E-state index in [2.05, 4.69) is 32.0 Å². The van der Waals surface area contributed by atoms with Crippen molar-refractivity contribution in [3.63, 3.8) is 0 Å². The number of likely N-dealkylation sites (tertiary alicyclic amines) is 2. The number of ether oxygens (including phenoxy) is 1. The molecule has 0 saturated carbocycles. The lowest BCUT2D eigenvalue weighted by atomic mass is 9.93. The standard InChI is InChI=1S/C21H35N5O2/c1-3-20-22-9-6-18(24-20)16-25-12-7-19(8-13-25)26-11-4-5-17(15-26)21(27)23-10-14-28-2/h6,9,17,19H,3-5,7-8,10-16H2,1-2H3,(H,23,27)/t17-/m1/s1. The topological polar surface area (TPSA) is 70.6 Å². The fraction of sp³-hybridized carbons (Fsp3) is 0.762. The molecule has 2 aliphatic heterocycles. The fourth-order valence-corrected chi connectivity index (χ4v) is 4.34. The van der Waals surface area contributed by atoms with Gasteiger partial charge in [-0.1, -0.05) is 6.92 Å². The first-order valence-electron chi connectivity index (χ1n) is 10.7. The van der Waals surface area contributed by atoms with E-state index in [9.17, 15) is 4.79 Å². The number of amides is 1. The molecule has 2 saturated heterocycles. The number of carbonyl (C=O) groups is 1. The van der Waals surface area contributed by atoms with Gasteiger partial charge in [-0.2, -0.15) is 0 Å². The van der Waals surface area contributed by atoms with Gasteiger partial charge in [-0.15, -0.1) is 0 Å². The second-order valence-electron chi connectivity index (χ2n) is 7.94. The van der Waals surface area contributed by atoms with E-state index in [1.54, 1.807) is 7.11 Å². The Morgan fingerprint density at radius 3 is 2.86 bits per heavy atom. The van der Waals surface area contributed by atoms with Crippen LogP contribution >= 0.6 is 0 Å². The molecular weight excluding hydrogens is 354 g/mol. The van der Waals surface area contributed by atoms with Crippen LogP contribution in [0.15, 0.2) is 12.3 Å². The summed E-state index contributed by atoms with van der Waals surface area (Å²) in [6.45, 7) is 8.39. The summed E-state index contributed by atoms with van der Waals surface area (Å²) < 4.78 is 5.02. The Kier molecular flexibility index (Phi) is 8.18. The van der Waals surface area contributed by atoms with Crippen LogP contribution in [0.25, 0.3) is 0 Å². The lowest BCUT2D eigenvalue weighted by Gasteiger charge is -2.42. The van der Waals surface area contributed by atoms with E-state index in [1.165, 1.54) is 12.8 Å². The number of hydrogen-bond acceptors (Lipinski definition) is 6. The first-order chi connectivity index (χ1) is 13.7. The van der Waals surface area contributed by atoms with Gasteiger partial charge in [-0.3, -0.25) is 14.6 Å². The number of piperidine rings is 2. The largest absolute Gasteiger partial charge is 0.383 e. The van der Waals surface area contributed by atoms with E-state index in [1.807, 2.05) is 12.3 Å². The number of hydrogen-bond donors (Lipinski definition) is 1. The van der Waals surface area contributed by atoms with Crippen molar-refractivity contribution in [2.75, 3.05) is 46.4 Å². The summed E-state index contributed by atoms with van der Waals surface area (Å²) in [5.41, 5.74) is 1.12. The van der Waals surface area contributed by atoms with Crippen molar-refractivity contribution in [1.29, 1.82) is 0 Å². The SMILES string of the molecule is CCc1nccc(CN2CCC(N3CCC[C@@H](C(=O)NCCOC)C3)CC2)n1. The smallest absolute Gasteiger partial charge is 0.224 e. The van der Waals surface area contributed by atoms with E-state index in [4.69, 9.17) is 4.74 Å². The summed E-state index contributed by atoms with van der Waals surface area (Å²) in [6, 6.07) is 2.63. The van der Waals surface area contributed by atoms with Crippen LogP contribution in [0.5, 0.6) is 0 Å². The Balaban J connectivity index is 1.44. The molecule has 156 valence electrons. The summed E-state index contributed by atoms with van der Waals surface area (Å²) in [6.07, 6.45) is 7.21. The molecule has 0 unspecified atom stereocenters. The Hall–Kier alpha value is -1.57. The van der Waals surface area contributed by atoms with Gasteiger partial charge < -0.3 is 10.1 Å². The molecule has 3 heterocycles. The van der Waals surface area contributed by atoms with Crippen LogP contribution in [0.3, 0.4) is 0 Å². The third-order valence-corrected chi connectivity index (χ3v) is 5.97. The number of nitrogens with one attached hydrogen (secondary N) is 1. The Labute approximate surface area is 168 Å². The zero-order valence-electron chi connectivity index (χ0n) is 17.4. The minimum absolute atomic E-state index is 0.122. The van der Waals surface area contributed by atoms with Gasteiger partial charge in [-0.05, 0) is 38.3 Å². The van der Waals surface area contributed by atoms with Crippen LogP contribution in [0.4, 0.5) is 0 Å². The molecule has 3 rings (SSSR count). The van der Waals surface area contributed by atoms with Gasteiger partial charge in [0.15, 0.2) is 0 Å². The number of rotatable bonds is 8. The zero-order valence-corrected chi connectivity index (χ0v) is 17.4. The van der Waals surface area contributed by atoms with E-state index in [0.29, 0.717) is 19.2 Å². The number of nitrogens with zero attached hydrogens (tertiary/aromatic N) is 4. The summed E-state index contributed by atoms with van der Waals surface area (Å²) in [7, 11) is 1.66. The molecule has 0 aromatic carbocycles. The quantitative estimate of drug-likeness (QED) is 0.679. The minimum Gasteiger partial charge on any atom is -0.383 e. The summed E-state index contributed by atoms with van der Waals surface area (Å²) in [5.74, 6) is 1.24. The predicted octanol–water partition coefficient (Wildman–Crippen LogP) is 1.48. The van der Waals surface area contributed by atoms with Crippen LogP contribution in [-0.4, -0.2) is 78.2 Å². The van der Waals surface area contributed by atoms with Crippen molar-refractivity contribution in [2.45, 2.75) is 51.6 Å². The number of aromatic nitrogens is 2. The molecule has 2 fully saturated rings. The molecule has 1 aromatic heterocycles. The Morgan fingerprint density at radius 1 is 1.29 bits per heavy atom. The maximum atomic E-state index is 12.4. The molecule has 0 aliphatic carbocycles. The van der Waals surface area contributed by atoms with E-state index in [-0.39, 0.29) is 11.8 Å². The number of methoxy groups -OCH3 is 1. The highest BCUT2D eigenvalue weighted by molar-refractivity contribution is 5.78. The van der Waals surface area contributed by atoms with Crippen LogP contribution < -0.4 is 5.32 Å². The van der Waals surface area contributed by atoms with Crippen LogP contribution in [0.2, 0.25) is 0 Å². The third kappa shape index (κ3) is 5.96. The van der Waals surface area contributed by atoms with Gasteiger partial charge in [0.2, 0.25) is 5.91 Å². The first-order valence-corrected chi connectivity index (χ1v) is 10.7. The minimum atomic E-state index is 0.122. The molecule has 1 aromatic rings. The zero-order chi connectivity index (χ0) is 19.8. The average molecular weight is 390 g/mol. The molecule has 7 nitrogen and oxygen atoms in total. The van der Waals surface area contributed by atoms with Crippen molar-refractivity contribution >= 4 is 5.91 Å². The molecule has 0 bridgehead atoms. The lowest BCUT2D eigenvalue weighted by Crippen LogP contribution is -2.50. The average Bonchev–Trinajstić information content (AvgIpc) is 2.74. The normalized spacial score (nSPS) is 22.3. The Bertz CT molecular complexity index is 619. The van der Waals surface area contributed by atoms with Crippen molar-refractivity contribution in [3.8, 4) is 0 Å². The third-order valence-electron chi connectivity index (χ3n) is 5.97. The van der Waals surface area contributed by atoms with Gasteiger partial charge in [0.05, 0.1) is 18.2 Å². The second kappa shape index (κ2) is 10.8. The van der Waals surface area contributed by atoms with Crippen molar-refractivity contribution in [3.05, 3.63) is 23.8 Å². The highest BCUT2D eigenvalue weighted by Gasteiger charge is 2.31. The first kappa shape index (κ1) is 21.1. The molecule has 0 spiro atoms.